The molecule has 2 amide bonds. The van der Waals surface area contributed by atoms with Gasteiger partial charge in [-0.15, -0.1) is 0 Å². The number of ether oxygens (including phenoxy) is 1. The summed E-state index contributed by atoms with van der Waals surface area (Å²) in [6.07, 6.45) is 1.30. The molecule has 30 heavy (non-hydrogen) atoms. The van der Waals surface area contributed by atoms with E-state index < -0.39 is 17.3 Å². The van der Waals surface area contributed by atoms with E-state index in [2.05, 4.69) is 29.8 Å². The van der Waals surface area contributed by atoms with E-state index in [4.69, 9.17) is 4.74 Å². The highest BCUT2D eigenvalue weighted by Gasteiger charge is 2.60. The van der Waals surface area contributed by atoms with Crippen LogP contribution < -0.4 is 20.7 Å². The number of anilines is 2. The molecule has 0 radical (unpaired) electrons. The summed E-state index contributed by atoms with van der Waals surface area (Å²) < 4.78 is 19.3. The molecule has 0 saturated carbocycles. The number of rotatable bonds is 5. The van der Waals surface area contributed by atoms with Crippen LogP contribution in [-0.4, -0.2) is 25.0 Å². The maximum atomic E-state index is 14.1. The van der Waals surface area contributed by atoms with Gasteiger partial charge in [-0.1, -0.05) is 13.8 Å². The molecule has 2 aromatic rings. The highest BCUT2D eigenvalue weighted by molar-refractivity contribution is 6.10. The predicted octanol–water partition coefficient (Wildman–Crippen LogP) is 3.64. The maximum absolute atomic E-state index is 14.1. The molecule has 2 aliphatic rings. The van der Waals surface area contributed by atoms with Crippen molar-refractivity contribution in [3.05, 3.63) is 53.8 Å². The molecular formula is C23H26FN3O3. The molecule has 6 nitrogen and oxygen atoms in total. The highest BCUT2D eigenvalue weighted by atomic mass is 19.1. The first-order valence-corrected chi connectivity index (χ1v) is 10.2. The lowest BCUT2D eigenvalue weighted by atomic mass is 9.79. The van der Waals surface area contributed by atoms with Crippen molar-refractivity contribution in [3.8, 4) is 5.75 Å². The molecule has 3 N–H and O–H groups in total. The molecule has 1 spiro atoms. The average molecular weight is 411 g/mol. The third kappa shape index (κ3) is 3.43. The van der Waals surface area contributed by atoms with Crippen LogP contribution in [0.25, 0.3) is 0 Å². The number of benzene rings is 2. The fraction of sp³-hybridized carbons (Fsp3) is 0.391. The Kier molecular flexibility index (Phi) is 5.24. The van der Waals surface area contributed by atoms with Crippen molar-refractivity contribution in [3.63, 3.8) is 0 Å². The zero-order chi connectivity index (χ0) is 21.5. The number of hydrogen-bond acceptors (Lipinski definition) is 4. The third-order valence-electron chi connectivity index (χ3n) is 5.92. The summed E-state index contributed by atoms with van der Waals surface area (Å²) in [4.78, 5) is 26.5. The van der Waals surface area contributed by atoms with Crippen LogP contribution in [0, 0.1) is 17.7 Å². The van der Waals surface area contributed by atoms with Gasteiger partial charge in [0.05, 0.1) is 13.0 Å². The van der Waals surface area contributed by atoms with Crippen molar-refractivity contribution in [2.45, 2.75) is 38.3 Å². The van der Waals surface area contributed by atoms with Gasteiger partial charge < -0.3 is 15.4 Å². The van der Waals surface area contributed by atoms with E-state index >= 15 is 0 Å². The number of nitrogens with one attached hydrogen (secondary N) is 3. The number of amides is 2. The smallest absolute Gasteiger partial charge is 0.250 e. The van der Waals surface area contributed by atoms with E-state index in [1.54, 1.807) is 37.4 Å². The minimum Gasteiger partial charge on any atom is -0.497 e. The molecule has 0 unspecified atom stereocenters. The number of fused-ring (bicyclic) bond motifs is 2. The van der Waals surface area contributed by atoms with Crippen molar-refractivity contribution in [2.24, 2.45) is 11.8 Å². The Morgan fingerprint density at radius 3 is 2.67 bits per heavy atom. The molecule has 2 aliphatic heterocycles. The van der Waals surface area contributed by atoms with Crippen molar-refractivity contribution in [1.29, 1.82) is 0 Å². The quantitative estimate of drug-likeness (QED) is 0.702. The van der Waals surface area contributed by atoms with E-state index in [-0.39, 0.29) is 17.9 Å². The van der Waals surface area contributed by atoms with Crippen molar-refractivity contribution in [2.75, 3.05) is 17.7 Å². The van der Waals surface area contributed by atoms with E-state index in [0.29, 0.717) is 35.0 Å². The Balaban J connectivity index is 1.69. The van der Waals surface area contributed by atoms with Gasteiger partial charge in [0.15, 0.2) is 0 Å². The lowest BCUT2D eigenvalue weighted by Crippen LogP contribution is -2.52. The summed E-state index contributed by atoms with van der Waals surface area (Å²) in [6, 6.07) is 11.2. The predicted molar refractivity (Wildman–Crippen MR) is 113 cm³/mol. The van der Waals surface area contributed by atoms with Crippen LogP contribution in [0.3, 0.4) is 0 Å². The van der Waals surface area contributed by atoms with Crippen LogP contribution in [0.4, 0.5) is 15.8 Å². The Hall–Kier alpha value is -2.93. The minimum atomic E-state index is -1.28. The van der Waals surface area contributed by atoms with Crippen LogP contribution in [0.15, 0.2) is 42.5 Å². The monoisotopic (exact) mass is 411 g/mol. The van der Waals surface area contributed by atoms with E-state index in [1.807, 2.05) is 0 Å². The topological polar surface area (TPSA) is 79.5 Å². The second-order valence-electron chi connectivity index (χ2n) is 8.43. The van der Waals surface area contributed by atoms with Gasteiger partial charge in [0.25, 0.3) is 0 Å². The van der Waals surface area contributed by atoms with Gasteiger partial charge in [0.2, 0.25) is 11.8 Å². The SMILES string of the molecule is COc1ccc(NC(=O)[C@H]2C[C@@H](CC(C)C)N[C@]23C(=O)Nc2ccc(F)cc23)cc1. The lowest BCUT2D eigenvalue weighted by Gasteiger charge is -2.29. The van der Waals surface area contributed by atoms with Crippen LogP contribution in [0.2, 0.25) is 0 Å². The Morgan fingerprint density at radius 2 is 2.00 bits per heavy atom. The fourth-order valence-electron chi connectivity index (χ4n) is 4.66. The zero-order valence-corrected chi connectivity index (χ0v) is 17.3. The van der Waals surface area contributed by atoms with Gasteiger partial charge in [0.1, 0.15) is 17.1 Å². The molecule has 2 heterocycles. The van der Waals surface area contributed by atoms with Crippen molar-refractivity contribution < 1.29 is 18.7 Å². The summed E-state index contributed by atoms with van der Waals surface area (Å²) in [5, 5.41) is 9.15. The Morgan fingerprint density at radius 1 is 1.27 bits per heavy atom. The number of carbonyl (C=O) groups is 2. The number of carbonyl (C=O) groups excluding carboxylic acids is 2. The molecular weight excluding hydrogens is 385 g/mol. The van der Waals surface area contributed by atoms with E-state index in [1.165, 1.54) is 12.1 Å². The number of hydrogen-bond donors (Lipinski definition) is 3. The molecule has 0 aliphatic carbocycles. The Labute approximate surface area is 175 Å². The standard InChI is InChI=1S/C23H26FN3O3/c1-13(2)10-16-12-19(21(28)25-15-5-7-17(30-3)8-6-15)23(27-16)18-11-14(24)4-9-20(18)26-22(23)29/h4-9,11,13,16,19,27H,10,12H2,1-3H3,(H,25,28)(H,26,29)/t16-,19-,23+/m1/s1. The maximum Gasteiger partial charge on any atom is 0.250 e. The molecule has 0 aromatic heterocycles. The first-order chi connectivity index (χ1) is 14.3. The molecule has 1 fully saturated rings. The summed E-state index contributed by atoms with van der Waals surface area (Å²) in [6.45, 7) is 4.20. The van der Waals surface area contributed by atoms with Gasteiger partial charge in [-0.3, -0.25) is 14.9 Å². The number of methoxy groups -OCH3 is 1. The summed E-state index contributed by atoms with van der Waals surface area (Å²) >= 11 is 0. The van der Waals surface area contributed by atoms with Crippen LogP contribution in [0.5, 0.6) is 5.75 Å². The fourth-order valence-corrected chi connectivity index (χ4v) is 4.66. The van der Waals surface area contributed by atoms with Crippen LogP contribution >= 0.6 is 0 Å². The van der Waals surface area contributed by atoms with Gasteiger partial charge >= 0.3 is 0 Å². The van der Waals surface area contributed by atoms with Gasteiger partial charge in [-0.25, -0.2) is 4.39 Å². The molecule has 4 rings (SSSR count). The highest BCUT2D eigenvalue weighted by Crippen LogP contribution is 2.48. The second kappa shape index (κ2) is 7.72. The first-order valence-electron chi connectivity index (χ1n) is 10.2. The summed E-state index contributed by atoms with van der Waals surface area (Å²) in [7, 11) is 1.58. The van der Waals surface area contributed by atoms with Crippen molar-refractivity contribution >= 4 is 23.2 Å². The second-order valence-corrected chi connectivity index (χ2v) is 8.43. The number of halogens is 1. The molecule has 0 bridgehead atoms. The third-order valence-corrected chi connectivity index (χ3v) is 5.92. The zero-order valence-electron chi connectivity index (χ0n) is 17.3. The summed E-state index contributed by atoms with van der Waals surface area (Å²) in [5.41, 5.74) is 0.365. The lowest BCUT2D eigenvalue weighted by molar-refractivity contribution is -0.130. The minimum absolute atomic E-state index is 0.0309. The van der Waals surface area contributed by atoms with Crippen LogP contribution in [-0.2, 0) is 15.1 Å². The molecule has 1 saturated heterocycles. The molecule has 2 aromatic carbocycles. The largest absolute Gasteiger partial charge is 0.497 e. The molecule has 7 heteroatoms. The first kappa shape index (κ1) is 20.3. The van der Waals surface area contributed by atoms with Crippen LogP contribution in [0.1, 0.15) is 32.3 Å². The normalized spacial score (nSPS) is 24.8. The molecule has 3 atom stereocenters. The van der Waals surface area contributed by atoms with E-state index in [9.17, 15) is 14.0 Å². The van der Waals surface area contributed by atoms with Gasteiger partial charge in [0, 0.05) is 23.0 Å². The van der Waals surface area contributed by atoms with Gasteiger partial charge in [-0.05, 0) is 61.2 Å². The summed E-state index contributed by atoms with van der Waals surface area (Å²) in [5.74, 6) is -0.627. The Bertz CT molecular complexity index is 976. The average Bonchev–Trinajstić information content (AvgIpc) is 3.21. The van der Waals surface area contributed by atoms with Crippen molar-refractivity contribution in [1.82, 2.24) is 5.32 Å². The van der Waals surface area contributed by atoms with E-state index in [0.717, 1.165) is 6.42 Å². The van der Waals surface area contributed by atoms with Gasteiger partial charge in [-0.2, -0.15) is 0 Å². The molecule has 158 valence electrons.